The van der Waals surface area contributed by atoms with Gasteiger partial charge in [-0.1, -0.05) is 40.7 Å². The number of piperidine rings is 2. The lowest BCUT2D eigenvalue weighted by molar-refractivity contribution is -0.134. The molecular weight excluding hydrogens is 402 g/mol. The zero-order valence-corrected chi connectivity index (χ0v) is 20.1. The Morgan fingerprint density at radius 3 is 2.56 bits per heavy atom. The molecule has 3 aliphatic rings. The second-order valence-corrected chi connectivity index (χ2v) is 9.88. The molecule has 2 aromatic rings. The molecule has 3 fully saturated rings. The van der Waals surface area contributed by atoms with Gasteiger partial charge in [-0.15, -0.1) is 0 Å². The van der Waals surface area contributed by atoms with Gasteiger partial charge in [0.05, 0.1) is 11.4 Å². The van der Waals surface area contributed by atoms with E-state index in [0.717, 1.165) is 36.1 Å². The number of epoxide rings is 1. The summed E-state index contributed by atoms with van der Waals surface area (Å²) < 4.78 is 6.55. The summed E-state index contributed by atoms with van der Waals surface area (Å²) in [7, 11) is 0. The molecule has 6 nitrogen and oxygen atoms in total. The molecule has 1 N–H and O–H groups in total. The van der Waals surface area contributed by atoms with Crippen LogP contribution in [0, 0.1) is 5.41 Å². The van der Waals surface area contributed by atoms with Gasteiger partial charge >= 0.3 is 0 Å². The van der Waals surface area contributed by atoms with Crippen LogP contribution in [0.1, 0.15) is 71.4 Å². The molecule has 0 saturated carbocycles. The molecule has 0 spiro atoms. The molecule has 0 aliphatic carbocycles. The van der Waals surface area contributed by atoms with Crippen molar-refractivity contribution in [1.29, 1.82) is 0 Å². The Hall–Kier alpha value is -2.31. The molecule has 1 aromatic heterocycles. The predicted octanol–water partition coefficient (Wildman–Crippen LogP) is 4.13. The number of hydrogen-bond acceptors (Lipinski definition) is 5. The van der Waals surface area contributed by atoms with E-state index in [1.54, 1.807) is 6.20 Å². The second-order valence-electron chi connectivity index (χ2n) is 9.88. The van der Waals surface area contributed by atoms with Crippen molar-refractivity contribution < 1.29 is 14.3 Å². The third-order valence-corrected chi connectivity index (χ3v) is 7.38. The monoisotopic (exact) mass is 437 g/mol. The highest BCUT2D eigenvalue weighted by Crippen LogP contribution is 2.67. The van der Waals surface area contributed by atoms with Crippen molar-refractivity contribution in [3.05, 3.63) is 41.6 Å². The number of ether oxygens (including phenoxy) is 1. The van der Waals surface area contributed by atoms with Crippen LogP contribution >= 0.6 is 0 Å². The first-order valence-electron chi connectivity index (χ1n) is 11.9. The van der Waals surface area contributed by atoms with E-state index in [2.05, 4.69) is 67.2 Å². The highest BCUT2D eigenvalue weighted by atomic mass is 16.6. The number of likely N-dealkylation sites (tertiary alicyclic amines) is 1. The van der Waals surface area contributed by atoms with Crippen molar-refractivity contribution in [2.24, 2.45) is 5.41 Å². The van der Waals surface area contributed by atoms with Crippen LogP contribution in [-0.2, 0) is 19.9 Å². The zero-order chi connectivity index (χ0) is 23.3. The first kappa shape index (κ1) is 22.9. The van der Waals surface area contributed by atoms with Crippen molar-refractivity contribution in [1.82, 2.24) is 15.2 Å². The summed E-state index contributed by atoms with van der Waals surface area (Å²) in [5.41, 5.74) is 2.40. The summed E-state index contributed by atoms with van der Waals surface area (Å²) in [4.78, 5) is 30.9. The van der Waals surface area contributed by atoms with Gasteiger partial charge < -0.3 is 4.74 Å². The Labute approximate surface area is 190 Å². The average Bonchev–Trinajstić information content (AvgIpc) is 3.42. The smallest absolute Gasteiger partial charge is 0.234 e. The molecule has 4 heterocycles. The number of aromatic nitrogens is 1. The molecular formula is C26H35N3O3. The van der Waals surface area contributed by atoms with Crippen molar-refractivity contribution in [2.45, 2.75) is 71.5 Å². The zero-order valence-electron chi connectivity index (χ0n) is 20.1. The van der Waals surface area contributed by atoms with Gasteiger partial charge in [-0.2, -0.15) is 0 Å². The van der Waals surface area contributed by atoms with Crippen LogP contribution < -0.4 is 5.32 Å². The normalized spacial score (nSPS) is 31.4. The lowest BCUT2D eigenvalue weighted by Gasteiger charge is -2.44. The van der Waals surface area contributed by atoms with Crippen LogP contribution in [0.2, 0.25) is 0 Å². The molecule has 3 unspecified atom stereocenters. The number of likely N-dealkylation sites (N-methyl/N-ethyl adjacent to an activating group) is 1. The second kappa shape index (κ2) is 7.92. The Morgan fingerprint density at radius 1 is 1.16 bits per heavy atom. The SMILES string of the molecule is CC.CCN1CC(C)(C)C2(c3ccc4ncc(C5CCC(=O)NC5=O)cc4c3)OC2(C)C1. The van der Waals surface area contributed by atoms with E-state index in [-0.39, 0.29) is 34.3 Å². The van der Waals surface area contributed by atoms with Gasteiger partial charge in [0.1, 0.15) is 11.2 Å². The van der Waals surface area contributed by atoms with E-state index in [4.69, 9.17) is 4.74 Å². The quantitative estimate of drug-likeness (QED) is 0.577. The first-order valence-corrected chi connectivity index (χ1v) is 11.9. The topological polar surface area (TPSA) is 74.8 Å². The van der Waals surface area contributed by atoms with Gasteiger partial charge in [0.25, 0.3) is 0 Å². The first-order chi connectivity index (χ1) is 15.2. The fourth-order valence-corrected chi connectivity index (χ4v) is 6.01. The maximum absolute atomic E-state index is 12.3. The molecule has 6 heteroatoms. The van der Waals surface area contributed by atoms with E-state index in [0.29, 0.717) is 12.8 Å². The van der Waals surface area contributed by atoms with E-state index in [9.17, 15) is 9.59 Å². The van der Waals surface area contributed by atoms with Crippen molar-refractivity contribution in [3.8, 4) is 0 Å². The number of nitrogens with zero attached hydrogens (tertiary/aromatic N) is 2. The number of carbonyl (C=O) groups is 2. The third kappa shape index (κ3) is 3.35. The number of imide groups is 1. The fourth-order valence-electron chi connectivity index (χ4n) is 6.01. The molecule has 2 amide bonds. The Morgan fingerprint density at radius 2 is 1.91 bits per heavy atom. The number of pyridine rings is 1. The number of nitrogens with one attached hydrogen (secondary N) is 1. The average molecular weight is 438 g/mol. The molecule has 32 heavy (non-hydrogen) atoms. The van der Waals surface area contributed by atoms with E-state index in [1.165, 1.54) is 5.56 Å². The Kier molecular flexibility index (Phi) is 5.66. The maximum atomic E-state index is 12.3. The predicted molar refractivity (Wildman–Crippen MR) is 125 cm³/mol. The summed E-state index contributed by atoms with van der Waals surface area (Å²) in [6.07, 6.45) is 2.66. The van der Waals surface area contributed by atoms with Gasteiger partial charge in [0, 0.05) is 36.5 Å². The van der Waals surface area contributed by atoms with Gasteiger partial charge in [0.15, 0.2) is 0 Å². The van der Waals surface area contributed by atoms with Gasteiger partial charge in [-0.05, 0) is 49.2 Å². The lowest BCUT2D eigenvalue weighted by atomic mass is 9.65. The third-order valence-electron chi connectivity index (χ3n) is 7.38. The Balaban J connectivity index is 0.00000119. The van der Waals surface area contributed by atoms with Gasteiger partial charge in [0.2, 0.25) is 11.8 Å². The van der Waals surface area contributed by atoms with E-state index in [1.807, 2.05) is 13.8 Å². The Bertz CT molecular complexity index is 1070. The summed E-state index contributed by atoms with van der Waals surface area (Å²) in [6.45, 7) is 16.0. The highest BCUT2D eigenvalue weighted by Gasteiger charge is 2.76. The maximum Gasteiger partial charge on any atom is 0.234 e. The van der Waals surface area contributed by atoms with Crippen LogP contribution in [0.3, 0.4) is 0 Å². The molecule has 0 bridgehead atoms. The summed E-state index contributed by atoms with van der Waals surface area (Å²) >= 11 is 0. The number of carbonyl (C=O) groups excluding carboxylic acids is 2. The fraction of sp³-hybridized carbons (Fsp3) is 0.577. The minimum atomic E-state index is -0.326. The highest BCUT2D eigenvalue weighted by molar-refractivity contribution is 6.01. The van der Waals surface area contributed by atoms with Crippen molar-refractivity contribution in [3.63, 3.8) is 0 Å². The van der Waals surface area contributed by atoms with E-state index >= 15 is 0 Å². The minimum Gasteiger partial charge on any atom is -0.356 e. The van der Waals surface area contributed by atoms with Crippen LogP contribution in [0.25, 0.3) is 10.9 Å². The number of amides is 2. The van der Waals surface area contributed by atoms with Gasteiger partial charge in [-0.3, -0.25) is 24.8 Å². The standard InChI is InChI=1S/C24H29N3O3.C2H6/c1-5-27-13-22(2,3)24(23(4,14-27)30-24)17-6-8-19-15(11-17)10-16(12-25-19)18-7-9-20(28)26-21(18)29;1-2/h6,8,10-12,18H,5,7,9,13-14H2,1-4H3,(H,26,28,29);1-2H3. The van der Waals surface area contributed by atoms with Gasteiger partial charge in [-0.25, -0.2) is 0 Å². The van der Waals surface area contributed by atoms with E-state index < -0.39 is 0 Å². The van der Waals surface area contributed by atoms with Crippen molar-refractivity contribution >= 4 is 22.7 Å². The summed E-state index contributed by atoms with van der Waals surface area (Å²) in [5.74, 6) is -0.751. The number of benzene rings is 1. The number of fused-ring (bicyclic) bond motifs is 2. The minimum absolute atomic E-state index is 0.0294. The molecule has 172 valence electrons. The van der Waals surface area contributed by atoms with Crippen molar-refractivity contribution in [2.75, 3.05) is 19.6 Å². The lowest BCUT2D eigenvalue weighted by Crippen LogP contribution is -2.54. The molecule has 3 aliphatic heterocycles. The number of rotatable bonds is 3. The van der Waals surface area contributed by atoms with Crippen LogP contribution in [-0.4, -0.2) is 46.9 Å². The molecule has 5 rings (SSSR count). The van der Waals surface area contributed by atoms with Crippen LogP contribution in [0.4, 0.5) is 0 Å². The largest absolute Gasteiger partial charge is 0.356 e. The molecule has 3 atom stereocenters. The van der Waals surface area contributed by atoms with Crippen LogP contribution in [0.15, 0.2) is 30.5 Å². The molecule has 0 radical (unpaired) electrons. The van der Waals surface area contributed by atoms with Crippen LogP contribution in [0.5, 0.6) is 0 Å². The molecule has 3 saturated heterocycles. The number of hydrogen-bond donors (Lipinski definition) is 1. The summed E-state index contributed by atoms with van der Waals surface area (Å²) in [5, 5.41) is 3.46. The summed E-state index contributed by atoms with van der Waals surface area (Å²) in [6, 6.07) is 8.44. The molecule has 1 aromatic carbocycles.